The summed E-state index contributed by atoms with van der Waals surface area (Å²) in [5.74, 6) is -1.91. The molecule has 0 aliphatic carbocycles. The molecule has 2 heterocycles. The summed E-state index contributed by atoms with van der Waals surface area (Å²) in [7, 11) is 0. The molecular weight excluding hydrogens is 439 g/mol. The van der Waals surface area contributed by atoms with E-state index >= 15 is 0 Å². The molecule has 0 spiro atoms. The molecule has 0 saturated carbocycles. The maximum Gasteiger partial charge on any atom is 0.490 e. The normalized spacial score (nSPS) is 18.0. The number of nitrogens with two attached hydrogens (primary N) is 1. The second-order valence-corrected chi connectivity index (χ2v) is 7.67. The summed E-state index contributed by atoms with van der Waals surface area (Å²) < 4.78 is 33.9. The standard InChI is InChI=1S/C20H21N5O.C2HF3O2/c1-22-16-8-6-15(7-9-16)12-25-18-5-3-2-4-17(18)23-19(25)24-11-10-20(26,13-21)14-24;3-2(4,5)1(6)7/h2-9,26H,10-14,21H2;(H,6,7)/t20-;/m0./s1. The summed E-state index contributed by atoms with van der Waals surface area (Å²) >= 11 is 0. The minimum absolute atomic E-state index is 0.252. The highest BCUT2D eigenvalue weighted by Gasteiger charge is 2.38. The van der Waals surface area contributed by atoms with Gasteiger partial charge in [-0.25, -0.2) is 14.6 Å². The second-order valence-electron chi connectivity index (χ2n) is 7.67. The fourth-order valence-electron chi connectivity index (χ4n) is 3.51. The molecule has 1 aliphatic rings. The van der Waals surface area contributed by atoms with E-state index in [1.807, 2.05) is 42.5 Å². The highest BCUT2D eigenvalue weighted by molar-refractivity contribution is 5.79. The maximum atomic E-state index is 10.6. The Morgan fingerprint density at radius 1 is 1.21 bits per heavy atom. The lowest BCUT2D eigenvalue weighted by Crippen LogP contribution is -2.41. The molecule has 1 fully saturated rings. The van der Waals surface area contributed by atoms with Crippen LogP contribution in [0.5, 0.6) is 0 Å². The van der Waals surface area contributed by atoms with Crippen molar-refractivity contribution in [1.82, 2.24) is 9.55 Å². The van der Waals surface area contributed by atoms with Crippen LogP contribution in [0.3, 0.4) is 0 Å². The number of para-hydroxylation sites is 2. The van der Waals surface area contributed by atoms with E-state index in [4.69, 9.17) is 27.2 Å². The minimum Gasteiger partial charge on any atom is -0.475 e. The van der Waals surface area contributed by atoms with Gasteiger partial charge in [-0.1, -0.05) is 36.4 Å². The number of β-amino-alcohol motifs (C(OH)–C–C–N with tert-alkyl or cyclic N) is 1. The lowest BCUT2D eigenvalue weighted by molar-refractivity contribution is -0.192. The molecule has 3 aromatic rings. The van der Waals surface area contributed by atoms with Crippen LogP contribution >= 0.6 is 0 Å². The summed E-state index contributed by atoms with van der Waals surface area (Å²) in [6, 6.07) is 15.7. The third-order valence-corrected chi connectivity index (χ3v) is 5.28. The molecule has 1 atom stereocenters. The van der Waals surface area contributed by atoms with Gasteiger partial charge < -0.3 is 25.4 Å². The lowest BCUT2D eigenvalue weighted by atomic mass is 10.0. The largest absolute Gasteiger partial charge is 0.490 e. The highest BCUT2D eigenvalue weighted by Crippen LogP contribution is 2.30. The van der Waals surface area contributed by atoms with E-state index in [0.717, 1.165) is 29.1 Å². The second kappa shape index (κ2) is 9.48. The Morgan fingerprint density at radius 3 is 2.39 bits per heavy atom. The summed E-state index contributed by atoms with van der Waals surface area (Å²) in [6.45, 7) is 9.22. The van der Waals surface area contributed by atoms with E-state index in [1.54, 1.807) is 0 Å². The highest BCUT2D eigenvalue weighted by atomic mass is 19.4. The van der Waals surface area contributed by atoms with Crippen LogP contribution in [0, 0.1) is 6.57 Å². The number of carbonyl (C=O) groups is 1. The van der Waals surface area contributed by atoms with Gasteiger partial charge in [0.1, 0.15) is 0 Å². The van der Waals surface area contributed by atoms with E-state index in [1.165, 1.54) is 0 Å². The van der Waals surface area contributed by atoms with Crippen molar-refractivity contribution in [2.75, 3.05) is 24.5 Å². The number of rotatable bonds is 4. The SMILES string of the molecule is O=C(O)C(F)(F)F.[C-]#[N+]c1ccc(Cn2c(N3CC[C@](O)(CN)C3)nc3ccccc32)cc1. The third kappa shape index (κ3) is 5.60. The van der Waals surface area contributed by atoms with Crippen LogP contribution in [0.1, 0.15) is 12.0 Å². The monoisotopic (exact) mass is 461 g/mol. The molecule has 33 heavy (non-hydrogen) atoms. The van der Waals surface area contributed by atoms with E-state index in [0.29, 0.717) is 25.2 Å². The smallest absolute Gasteiger partial charge is 0.475 e. The summed E-state index contributed by atoms with van der Waals surface area (Å²) in [6.07, 6.45) is -4.44. The number of nitrogens with zero attached hydrogens (tertiary/aromatic N) is 4. The topological polar surface area (TPSA) is 109 Å². The number of fused-ring (bicyclic) bond motifs is 1. The number of carboxylic acid groups (broad SMARTS) is 1. The Bertz CT molecular complexity index is 1170. The van der Waals surface area contributed by atoms with Crippen molar-refractivity contribution in [1.29, 1.82) is 0 Å². The first kappa shape index (κ1) is 24.0. The number of carboxylic acids is 1. The molecule has 0 amide bonds. The zero-order valence-corrected chi connectivity index (χ0v) is 17.5. The molecule has 2 aromatic carbocycles. The minimum atomic E-state index is -5.08. The molecule has 174 valence electrons. The van der Waals surface area contributed by atoms with Gasteiger partial charge in [0, 0.05) is 13.1 Å². The van der Waals surface area contributed by atoms with Gasteiger partial charge in [-0.05, 0) is 24.1 Å². The maximum absolute atomic E-state index is 10.6. The number of imidazole rings is 1. The number of aliphatic carboxylic acids is 1. The van der Waals surface area contributed by atoms with E-state index in [2.05, 4.69) is 20.4 Å². The van der Waals surface area contributed by atoms with Crippen molar-refractivity contribution in [3.63, 3.8) is 0 Å². The third-order valence-electron chi connectivity index (χ3n) is 5.28. The number of benzene rings is 2. The zero-order chi connectivity index (χ0) is 24.2. The van der Waals surface area contributed by atoms with Gasteiger partial charge in [-0.2, -0.15) is 13.2 Å². The van der Waals surface area contributed by atoms with Crippen molar-refractivity contribution in [2.24, 2.45) is 5.73 Å². The molecule has 1 saturated heterocycles. The van der Waals surface area contributed by atoms with Gasteiger partial charge in [0.15, 0.2) is 5.69 Å². The number of aromatic nitrogens is 2. The Morgan fingerprint density at radius 2 is 1.85 bits per heavy atom. The average molecular weight is 461 g/mol. The predicted octanol–water partition coefficient (Wildman–Crippen LogP) is 3.17. The van der Waals surface area contributed by atoms with Crippen molar-refractivity contribution in [2.45, 2.75) is 24.7 Å². The Hall–Kier alpha value is -3.62. The van der Waals surface area contributed by atoms with Crippen molar-refractivity contribution < 1.29 is 28.2 Å². The average Bonchev–Trinajstić information content (AvgIpc) is 3.35. The number of halogens is 3. The Balaban J connectivity index is 0.000000383. The summed E-state index contributed by atoms with van der Waals surface area (Å²) in [4.78, 5) is 19.3. The van der Waals surface area contributed by atoms with Crippen molar-refractivity contribution >= 4 is 28.6 Å². The molecule has 11 heteroatoms. The number of anilines is 1. The van der Waals surface area contributed by atoms with E-state index in [9.17, 15) is 18.3 Å². The number of aliphatic hydroxyl groups is 1. The number of hydrogen-bond acceptors (Lipinski definition) is 5. The number of hydrogen-bond donors (Lipinski definition) is 3. The van der Waals surface area contributed by atoms with Gasteiger partial charge in [-0.15, -0.1) is 0 Å². The van der Waals surface area contributed by atoms with Crippen LogP contribution in [0.25, 0.3) is 15.9 Å². The summed E-state index contributed by atoms with van der Waals surface area (Å²) in [5, 5.41) is 17.6. The fourth-order valence-corrected chi connectivity index (χ4v) is 3.51. The Kier molecular flexibility index (Phi) is 6.90. The molecule has 4 N–H and O–H groups in total. The van der Waals surface area contributed by atoms with Gasteiger partial charge in [0.25, 0.3) is 0 Å². The van der Waals surface area contributed by atoms with Gasteiger partial charge in [0.05, 0.1) is 36.3 Å². The van der Waals surface area contributed by atoms with Crippen LogP contribution in [0.15, 0.2) is 48.5 Å². The fraction of sp³-hybridized carbons (Fsp3) is 0.318. The molecular formula is C22H22F3N5O3. The quantitative estimate of drug-likeness (QED) is 0.515. The number of alkyl halides is 3. The zero-order valence-electron chi connectivity index (χ0n) is 17.5. The molecule has 1 aliphatic heterocycles. The molecule has 0 unspecified atom stereocenters. The van der Waals surface area contributed by atoms with E-state index in [-0.39, 0.29) is 6.54 Å². The van der Waals surface area contributed by atoms with Crippen molar-refractivity contribution in [3.05, 3.63) is 65.5 Å². The lowest BCUT2D eigenvalue weighted by Gasteiger charge is -2.23. The molecule has 0 bridgehead atoms. The summed E-state index contributed by atoms with van der Waals surface area (Å²) in [5.41, 5.74) is 8.63. The van der Waals surface area contributed by atoms with Crippen LogP contribution in [0.2, 0.25) is 0 Å². The van der Waals surface area contributed by atoms with Crippen LogP contribution in [-0.4, -0.2) is 57.1 Å². The van der Waals surface area contributed by atoms with Gasteiger partial charge in [0.2, 0.25) is 5.95 Å². The molecule has 0 radical (unpaired) electrons. The Labute approximate surface area is 187 Å². The first-order valence-corrected chi connectivity index (χ1v) is 9.95. The van der Waals surface area contributed by atoms with Gasteiger partial charge in [-0.3, -0.25) is 0 Å². The first-order valence-electron chi connectivity index (χ1n) is 9.95. The predicted molar refractivity (Wildman–Crippen MR) is 116 cm³/mol. The molecule has 8 nitrogen and oxygen atoms in total. The van der Waals surface area contributed by atoms with Crippen molar-refractivity contribution in [3.8, 4) is 0 Å². The van der Waals surface area contributed by atoms with Crippen LogP contribution in [0.4, 0.5) is 24.8 Å². The van der Waals surface area contributed by atoms with Gasteiger partial charge >= 0.3 is 12.1 Å². The molecule has 4 rings (SSSR count). The van der Waals surface area contributed by atoms with Crippen LogP contribution < -0.4 is 10.6 Å². The first-order chi connectivity index (χ1) is 15.6. The van der Waals surface area contributed by atoms with E-state index < -0.39 is 17.7 Å². The molecule has 1 aromatic heterocycles. The van der Waals surface area contributed by atoms with Crippen LogP contribution in [-0.2, 0) is 11.3 Å².